The zero-order valence-corrected chi connectivity index (χ0v) is 17.8. The molecule has 5 rings (SSSR count). The van der Waals surface area contributed by atoms with E-state index in [1.165, 1.54) is 27.8 Å². The van der Waals surface area contributed by atoms with Crippen LogP contribution in [-0.4, -0.2) is 23.1 Å². The van der Waals surface area contributed by atoms with Crippen molar-refractivity contribution in [3.05, 3.63) is 100 Å². The molecule has 3 heteroatoms. The lowest BCUT2D eigenvalue weighted by Gasteiger charge is -2.42. The van der Waals surface area contributed by atoms with E-state index >= 15 is 0 Å². The van der Waals surface area contributed by atoms with E-state index in [9.17, 15) is 5.11 Å². The van der Waals surface area contributed by atoms with Crippen LogP contribution in [0.1, 0.15) is 52.3 Å². The van der Waals surface area contributed by atoms with Crippen LogP contribution < -0.4 is 4.74 Å². The quantitative estimate of drug-likeness (QED) is 0.637. The molecule has 1 fully saturated rings. The van der Waals surface area contributed by atoms with Gasteiger partial charge in [-0.2, -0.15) is 0 Å². The lowest BCUT2D eigenvalue weighted by Crippen LogP contribution is -2.44. The molecule has 0 aromatic heterocycles. The van der Waals surface area contributed by atoms with E-state index in [1.54, 1.807) is 0 Å². The first-order valence-electron chi connectivity index (χ1n) is 10.9. The molecule has 1 saturated heterocycles. The van der Waals surface area contributed by atoms with Gasteiger partial charge in [0.25, 0.3) is 0 Å². The topological polar surface area (TPSA) is 32.7 Å². The number of likely N-dealkylation sites (tertiary alicyclic amines) is 1. The summed E-state index contributed by atoms with van der Waals surface area (Å²) in [6.45, 7) is 6.52. The maximum Gasteiger partial charge on any atom is 0.124 e. The normalized spacial score (nSPS) is 20.6. The Morgan fingerprint density at radius 1 is 0.867 bits per heavy atom. The van der Waals surface area contributed by atoms with Crippen molar-refractivity contribution < 1.29 is 9.84 Å². The third-order valence-corrected chi connectivity index (χ3v) is 6.74. The van der Waals surface area contributed by atoms with Gasteiger partial charge in [0.05, 0.1) is 11.6 Å². The number of benzene rings is 3. The van der Waals surface area contributed by atoms with E-state index < -0.39 is 5.60 Å². The number of aryl methyl sites for hydroxylation is 2. The fourth-order valence-electron chi connectivity index (χ4n) is 5.04. The number of rotatable bonds is 2. The second-order valence-corrected chi connectivity index (χ2v) is 8.87. The minimum absolute atomic E-state index is 0.153. The molecule has 154 valence electrons. The molecule has 1 unspecified atom stereocenters. The van der Waals surface area contributed by atoms with Gasteiger partial charge in [0.1, 0.15) is 12.4 Å². The van der Waals surface area contributed by atoms with Gasteiger partial charge in [-0.05, 0) is 49.4 Å². The number of piperidine rings is 1. The molecule has 2 aliphatic rings. The minimum atomic E-state index is -0.751. The van der Waals surface area contributed by atoms with E-state index in [1.807, 2.05) is 6.07 Å². The van der Waals surface area contributed by atoms with Crippen molar-refractivity contribution >= 4 is 0 Å². The summed E-state index contributed by atoms with van der Waals surface area (Å²) in [6.07, 6.45) is 1.47. The van der Waals surface area contributed by atoms with E-state index in [0.29, 0.717) is 6.61 Å². The molecule has 3 aromatic carbocycles. The van der Waals surface area contributed by atoms with E-state index in [4.69, 9.17) is 4.74 Å². The molecule has 0 radical (unpaired) electrons. The van der Waals surface area contributed by atoms with Gasteiger partial charge in [-0.15, -0.1) is 0 Å². The Bertz CT molecular complexity index is 1070. The third-order valence-electron chi connectivity index (χ3n) is 6.74. The average molecular weight is 400 g/mol. The van der Waals surface area contributed by atoms with Crippen LogP contribution in [-0.2, 0) is 12.2 Å². The van der Waals surface area contributed by atoms with Gasteiger partial charge in [0.15, 0.2) is 0 Å². The van der Waals surface area contributed by atoms with Crippen molar-refractivity contribution in [2.24, 2.45) is 0 Å². The molecule has 0 spiro atoms. The van der Waals surface area contributed by atoms with Crippen molar-refractivity contribution in [2.45, 2.75) is 44.9 Å². The van der Waals surface area contributed by atoms with Gasteiger partial charge in [0.2, 0.25) is 0 Å². The molecular formula is C27H29NO2. The molecule has 1 N–H and O–H groups in total. The number of hydrogen-bond donors (Lipinski definition) is 1. The Balaban J connectivity index is 1.50. The highest BCUT2D eigenvalue weighted by Crippen LogP contribution is 2.43. The number of aliphatic hydroxyl groups is 1. The number of ether oxygens (including phenoxy) is 1. The predicted octanol–water partition coefficient (Wildman–Crippen LogP) is 5.27. The molecule has 0 bridgehead atoms. The zero-order chi connectivity index (χ0) is 20.7. The number of fused-ring (bicyclic) bond motifs is 2. The van der Waals surface area contributed by atoms with Gasteiger partial charge in [0, 0.05) is 18.7 Å². The van der Waals surface area contributed by atoms with Gasteiger partial charge in [-0.1, -0.05) is 71.8 Å². The third kappa shape index (κ3) is 3.42. The Hall–Kier alpha value is -2.62. The SMILES string of the molecule is Cc1cccc(C2(O)CCN(C3c4ccccc4COc4ccc(C)cc43)CC2)c1. The molecule has 0 aliphatic carbocycles. The Morgan fingerprint density at radius 2 is 1.63 bits per heavy atom. The van der Waals surface area contributed by atoms with Crippen LogP contribution >= 0.6 is 0 Å². The van der Waals surface area contributed by atoms with Crippen LogP contribution in [0.5, 0.6) is 5.75 Å². The Morgan fingerprint density at radius 3 is 2.43 bits per heavy atom. The second-order valence-electron chi connectivity index (χ2n) is 8.87. The van der Waals surface area contributed by atoms with Gasteiger partial charge in [-0.3, -0.25) is 4.90 Å². The Kier molecular flexibility index (Phi) is 4.88. The van der Waals surface area contributed by atoms with E-state index in [0.717, 1.165) is 37.2 Å². The van der Waals surface area contributed by atoms with Crippen molar-refractivity contribution in [1.29, 1.82) is 0 Å². The number of nitrogens with zero attached hydrogens (tertiary/aromatic N) is 1. The van der Waals surface area contributed by atoms with Crippen molar-refractivity contribution in [2.75, 3.05) is 13.1 Å². The summed E-state index contributed by atoms with van der Waals surface area (Å²) >= 11 is 0. The van der Waals surface area contributed by atoms with Crippen LogP contribution in [0, 0.1) is 13.8 Å². The number of hydrogen-bond acceptors (Lipinski definition) is 3. The lowest BCUT2D eigenvalue weighted by molar-refractivity contribution is -0.0325. The smallest absolute Gasteiger partial charge is 0.124 e. The van der Waals surface area contributed by atoms with Crippen LogP contribution in [0.25, 0.3) is 0 Å². The summed E-state index contributed by atoms with van der Waals surface area (Å²) in [5.74, 6) is 0.973. The lowest BCUT2D eigenvalue weighted by atomic mass is 9.82. The first-order valence-corrected chi connectivity index (χ1v) is 10.9. The first-order chi connectivity index (χ1) is 14.5. The molecule has 3 aromatic rings. The summed E-state index contributed by atoms with van der Waals surface area (Å²) in [7, 11) is 0. The van der Waals surface area contributed by atoms with Crippen molar-refractivity contribution in [3.8, 4) is 5.75 Å². The monoisotopic (exact) mass is 399 g/mol. The standard InChI is InChI=1S/C27H29NO2/c1-19-6-5-8-22(16-19)27(29)12-14-28(15-13-27)26-23-9-4-3-7-21(23)18-30-25-11-10-20(2)17-24(25)26/h3-11,16-17,26,29H,12-15,18H2,1-2H3. The van der Waals surface area contributed by atoms with Gasteiger partial charge in [-0.25, -0.2) is 0 Å². The van der Waals surface area contributed by atoms with E-state index in [2.05, 4.69) is 79.4 Å². The van der Waals surface area contributed by atoms with Crippen molar-refractivity contribution in [3.63, 3.8) is 0 Å². The molecule has 3 nitrogen and oxygen atoms in total. The van der Waals surface area contributed by atoms with Crippen LogP contribution in [0.2, 0.25) is 0 Å². The first kappa shape index (κ1) is 19.3. The maximum atomic E-state index is 11.4. The molecule has 0 saturated carbocycles. The zero-order valence-electron chi connectivity index (χ0n) is 17.8. The molecular weight excluding hydrogens is 370 g/mol. The average Bonchev–Trinajstić information content (AvgIpc) is 2.91. The summed E-state index contributed by atoms with van der Waals surface area (Å²) in [6, 6.07) is 23.6. The maximum absolute atomic E-state index is 11.4. The van der Waals surface area contributed by atoms with Crippen molar-refractivity contribution in [1.82, 2.24) is 4.90 Å². The molecule has 0 amide bonds. The van der Waals surface area contributed by atoms with Gasteiger partial charge >= 0.3 is 0 Å². The highest BCUT2D eigenvalue weighted by molar-refractivity contribution is 5.48. The summed E-state index contributed by atoms with van der Waals surface area (Å²) in [4.78, 5) is 2.52. The highest BCUT2D eigenvalue weighted by atomic mass is 16.5. The summed E-state index contributed by atoms with van der Waals surface area (Å²) in [5.41, 5.74) is 6.54. The fraction of sp³-hybridized carbons (Fsp3) is 0.333. The predicted molar refractivity (Wildman–Crippen MR) is 120 cm³/mol. The molecule has 30 heavy (non-hydrogen) atoms. The van der Waals surface area contributed by atoms with E-state index in [-0.39, 0.29) is 6.04 Å². The van der Waals surface area contributed by atoms with Crippen LogP contribution in [0.3, 0.4) is 0 Å². The molecule has 1 atom stereocenters. The highest BCUT2D eigenvalue weighted by Gasteiger charge is 2.38. The Labute approximate surface area is 178 Å². The largest absolute Gasteiger partial charge is 0.489 e. The minimum Gasteiger partial charge on any atom is -0.489 e. The molecule has 2 heterocycles. The second kappa shape index (κ2) is 7.57. The summed E-state index contributed by atoms with van der Waals surface area (Å²) < 4.78 is 6.20. The van der Waals surface area contributed by atoms with Crippen LogP contribution in [0.15, 0.2) is 66.7 Å². The summed E-state index contributed by atoms with van der Waals surface area (Å²) in [5, 5.41) is 11.4. The van der Waals surface area contributed by atoms with Gasteiger partial charge < -0.3 is 9.84 Å². The van der Waals surface area contributed by atoms with Crippen LogP contribution in [0.4, 0.5) is 0 Å². The molecule has 2 aliphatic heterocycles. The fourth-order valence-corrected chi connectivity index (χ4v) is 5.04.